The van der Waals surface area contributed by atoms with Crippen molar-refractivity contribution in [2.24, 2.45) is 11.1 Å². The molecule has 1 saturated carbocycles. The molecule has 0 amide bonds. The Bertz CT molecular complexity index is 421. The average molecular weight is 302 g/mol. The molecule has 0 unspecified atom stereocenters. The topological polar surface area (TPSA) is 63.4 Å². The van der Waals surface area contributed by atoms with E-state index in [1.54, 1.807) is 0 Å². The lowest BCUT2D eigenvalue weighted by Crippen LogP contribution is -2.60. The van der Waals surface area contributed by atoms with Gasteiger partial charge in [-0.1, -0.05) is 13.8 Å². The minimum atomic E-state index is -2.83. The third-order valence-corrected chi connectivity index (χ3v) is 7.39. The highest BCUT2D eigenvalue weighted by Gasteiger charge is 2.43. The van der Waals surface area contributed by atoms with Crippen LogP contribution in [0.1, 0.15) is 52.4 Å². The Kier molecular flexibility index (Phi) is 4.53. The smallest absolute Gasteiger partial charge is 0.150 e. The minimum Gasteiger partial charge on any atom is -0.329 e. The Balaban J connectivity index is 2.05. The minimum absolute atomic E-state index is 0.0997. The summed E-state index contributed by atoms with van der Waals surface area (Å²) in [7, 11) is -0.668. The molecule has 1 saturated heterocycles. The van der Waals surface area contributed by atoms with Gasteiger partial charge in [-0.15, -0.1) is 0 Å². The molecule has 5 heteroatoms. The lowest BCUT2D eigenvalue weighted by molar-refractivity contribution is 0.0298. The van der Waals surface area contributed by atoms with Crippen molar-refractivity contribution in [2.45, 2.75) is 64.0 Å². The van der Waals surface area contributed by atoms with Gasteiger partial charge in [-0.3, -0.25) is 4.90 Å². The lowest BCUT2D eigenvalue weighted by atomic mass is 9.74. The second kappa shape index (κ2) is 5.58. The lowest BCUT2D eigenvalue weighted by Gasteiger charge is -2.50. The van der Waals surface area contributed by atoms with Crippen LogP contribution in [0, 0.1) is 5.41 Å². The summed E-state index contributed by atoms with van der Waals surface area (Å²) < 4.78 is 23.4. The van der Waals surface area contributed by atoms with E-state index in [2.05, 4.69) is 25.8 Å². The van der Waals surface area contributed by atoms with E-state index in [0.717, 1.165) is 0 Å². The van der Waals surface area contributed by atoms with E-state index in [1.165, 1.54) is 25.7 Å². The van der Waals surface area contributed by atoms with Gasteiger partial charge in [-0.25, -0.2) is 8.42 Å². The van der Waals surface area contributed by atoms with Crippen molar-refractivity contribution in [3.8, 4) is 0 Å². The normalized spacial score (nSPS) is 29.4. The first kappa shape index (κ1) is 16.2. The van der Waals surface area contributed by atoms with E-state index in [4.69, 9.17) is 5.73 Å². The molecule has 1 heterocycles. The summed E-state index contributed by atoms with van der Waals surface area (Å²) in [5.41, 5.74) is 6.41. The Morgan fingerprint density at radius 1 is 1.10 bits per heavy atom. The Morgan fingerprint density at radius 2 is 1.60 bits per heavy atom. The van der Waals surface area contributed by atoms with Crippen LogP contribution in [-0.2, 0) is 9.84 Å². The highest BCUT2D eigenvalue weighted by atomic mass is 32.2. The molecule has 1 aliphatic carbocycles. The molecule has 20 heavy (non-hydrogen) atoms. The molecular formula is C15H30N2O2S. The van der Waals surface area contributed by atoms with Gasteiger partial charge < -0.3 is 5.73 Å². The summed E-state index contributed by atoms with van der Waals surface area (Å²) in [6, 6.07) is 0.562. The average Bonchev–Trinajstić information content (AvgIpc) is 2.39. The summed E-state index contributed by atoms with van der Waals surface area (Å²) in [4.78, 5) is 2.43. The molecule has 2 fully saturated rings. The molecule has 0 bridgehead atoms. The second-order valence-corrected chi connectivity index (χ2v) is 9.89. The summed E-state index contributed by atoms with van der Waals surface area (Å²) in [6.45, 7) is 5.25. The zero-order valence-corrected chi connectivity index (χ0v) is 14.0. The zero-order chi connectivity index (χ0) is 15.0. The van der Waals surface area contributed by atoms with Gasteiger partial charge in [0.25, 0.3) is 0 Å². The van der Waals surface area contributed by atoms with Crippen molar-refractivity contribution < 1.29 is 8.42 Å². The fourth-order valence-electron chi connectivity index (χ4n) is 3.78. The Morgan fingerprint density at radius 3 is 2.05 bits per heavy atom. The Labute approximate surface area is 124 Å². The van der Waals surface area contributed by atoms with Crippen molar-refractivity contribution in [2.75, 3.05) is 25.1 Å². The molecule has 0 radical (unpaired) electrons. The van der Waals surface area contributed by atoms with Crippen LogP contribution < -0.4 is 5.73 Å². The highest BCUT2D eigenvalue weighted by Crippen LogP contribution is 2.40. The fourth-order valence-corrected chi connectivity index (χ4v) is 5.36. The molecule has 4 nitrogen and oxygen atoms in total. The number of likely N-dealkylation sites (N-methyl/N-ethyl adjacent to an activating group) is 1. The van der Waals surface area contributed by atoms with E-state index in [-0.39, 0.29) is 5.54 Å². The molecule has 118 valence electrons. The van der Waals surface area contributed by atoms with E-state index < -0.39 is 9.84 Å². The van der Waals surface area contributed by atoms with Gasteiger partial charge in [0, 0.05) is 18.1 Å². The van der Waals surface area contributed by atoms with Gasteiger partial charge in [0.1, 0.15) is 9.84 Å². The van der Waals surface area contributed by atoms with Gasteiger partial charge in [-0.2, -0.15) is 0 Å². The monoisotopic (exact) mass is 302 g/mol. The third-order valence-electron chi connectivity index (χ3n) is 5.74. The van der Waals surface area contributed by atoms with Crippen molar-refractivity contribution in [1.29, 1.82) is 0 Å². The number of hydrogen-bond acceptors (Lipinski definition) is 4. The van der Waals surface area contributed by atoms with E-state index in [0.29, 0.717) is 42.3 Å². The van der Waals surface area contributed by atoms with Crippen molar-refractivity contribution in [1.82, 2.24) is 4.90 Å². The predicted octanol–water partition coefficient (Wildman–Crippen LogP) is 1.79. The maximum Gasteiger partial charge on any atom is 0.150 e. The van der Waals surface area contributed by atoms with E-state index in [9.17, 15) is 8.42 Å². The van der Waals surface area contributed by atoms with Crippen molar-refractivity contribution in [3.05, 3.63) is 0 Å². The Hall–Kier alpha value is -0.130. The zero-order valence-electron chi connectivity index (χ0n) is 13.2. The largest absolute Gasteiger partial charge is 0.329 e. The number of nitrogens with two attached hydrogens (primary N) is 1. The van der Waals surface area contributed by atoms with Crippen LogP contribution in [0.2, 0.25) is 0 Å². The van der Waals surface area contributed by atoms with Crippen LogP contribution in [0.5, 0.6) is 0 Å². The molecule has 0 spiro atoms. The molecule has 0 aromatic heterocycles. The first-order chi connectivity index (χ1) is 9.20. The molecule has 2 N–H and O–H groups in total. The van der Waals surface area contributed by atoms with E-state index >= 15 is 0 Å². The number of hydrogen-bond donors (Lipinski definition) is 1. The number of nitrogens with zero attached hydrogens (tertiary/aromatic N) is 1. The second-order valence-electron chi connectivity index (χ2n) is 7.59. The standard InChI is InChI=1S/C15H30N2O2S/c1-14(2)6-4-13(5-7-14)17(3)15(12-16)8-10-20(18,19)11-9-15/h13H,4-12,16H2,1-3H3. The van der Waals surface area contributed by atoms with Gasteiger partial charge in [-0.05, 0) is 51.0 Å². The van der Waals surface area contributed by atoms with Gasteiger partial charge in [0.2, 0.25) is 0 Å². The fraction of sp³-hybridized carbons (Fsp3) is 1.00. The van der Waals surface area contributed by atoms with Crippen LogP contribution in [0.15, 0.2) is 0 Å². The van der Waals surface area contributed by atoms with Crippen molar-refractivity contribution in [3.63, 3.8) is 0 Å². The first-order valence-corrected chi connectivity index (χ1v) is 9.65. The van der Waals surface area contributed by atoms with Crippen LogP contribution in [0.25, 0.3) is 0 Å². The van der Waals surface area contributed by atoms with Crippen LogP contribution >= 0.6 is 0 Å². The first-order valence-electron chi connectivity index (χ1n) is 7.83. The van der Waals surface area contributed by atoms with Crippen LogP contribution in [-0.4, -0.2) is 50.0 Å². The maximum atomic E-state index is 11.7. The number of rotatable bonds is 3. The van der Waals surface area contributed by atoms with Gasteiger partial charge in [0.15, 0.2) is 0 Å². The molecule has 2 rings (SSSR count). The molecular weight excluding hydrogens is 272 g/mol. The number of sulfone groups is 1. The van der Waals surface area contributed by atoms with Crippen LogP contribution in [0.4, 0.5) is 0 Å². The van der Waals surface area contributed by atoms with E-state index in [1.807, 2.05) is 0 Å². The highest BCUT2D eigenvalue weighted by molar-refractivity contribution is 7.91. The molecule has 2 aliphatic rings. The summed E-state index contributed by atoms with van der Waals surface area (Å²) in [5.74, 6) is 0.597. The maximum absolute atomic E-state index is 11.7. The summed E-state index contributed by atoms with van der Waals surface area (Å²) in [5, 5.41) is 0. The van der Waals surface area contributed by atoms with Crippen LogP contribution in [0.3, 0.4) is 0 Å². The SMILES string of the molecule is CN(C1CCC(C)(C)CC1)C1(CN)CCS(=O)(=O)CC1. The van der Waals surface area contributed by atoms with Gasteiger partial charge in [0.05, 0.1) is 11.5 Å². The molecule has 1 aliphatic heterocycles. The summed E-state index contributed by atoms with van der Waals surface area (Å²) in [6.07, 6.45) is 6.31. The third kappa shape index (κ3) is 3.37. The van der Waals surface area contributed by atoms with Crippen molar-refractivity contribution >= 4 is 9.84 Å². The molecule has 0 aromatic carbocycles. The van der Waals surface area contributed by atoms with Gasteiger partial charge >= 0.3 is 0 Å². The summed E-state index contributed by atoms with van der Waals surface area (Å²) >= 11 is 0. The molecule has 0 aromatic rings. The predicted molar refractivity (Wildman–Crippen MR) is 83.5 cm³/mol. The quantitative estimate of drug-likeness (QED) is 0.863. The molecule has 0 atom stereocenters.